The molecule has 1 heterocycles. The molecule has 0 bridgehead atoms. The van der Waals surface area contributed by atoms with Crippen molar-refractivity contribution in [3.8, 4) is 0 Å². The third-order valence-corrected chi connectivity index (χ3v) is 5.28. The van der Waals surface area contributed by atoms with Crippen molar-refractivity contribution in [1.29, 1.82) is 0 Å². The smallest absolute Gasteiger partial charge is 0.268 e. The molecule has 1 fully saturated rings. The lowest BCUT2D eigenvalue weighted by Gasteiger charge is -2.21. The third-order valence-electron chi connectivity index (χ3n) is 3.15. The summed E-state index contributed by atoms with van der Waals surface area (Å²) in [6.07, 6.45) is 3.51. The van der Waals surface area contributed by atoms with E-state index in [1.807, 2.05) is 0 Å². The van der Waals surface area contributed by atoms with Gasteiger partial charge in [-0.15, -0.1) is 0 Å². The van der Waals surface area contributed by atoms with E-state index in [1.54, 1.807) is 0 Å². The van der Waals surface area contributed by atoms with Gasteiger partial charge in [0, 0.05) is 19.2 Å². The first-order valence-corrected chi connectivity index (χ1v) is 8.56. The van der Waals surface area contributed by atoms with Crippen LogP contribution < -0.4 is 4.72 Å². The molecule has 20 heavy (non-hydrogen) atoms. The van der Waals surface area contributed by atoms with Crippen molar-refractivity contribution in [2.75, 3.05) is 17.8 Å². The molecule has 1 saturated heterocycles. The topological polar surface area (TPSA) is 49.4 Å². The monoisotopic (exact) mass is 368 g/mol. The highest BCUT2D eigenvalue weighted by atomic mass is 79.9. The van der Waals surface area contributed by atoms with Crippen molar-refractivity contribution in [3.63, 3.8) is 0 Å². The fourth-order valence-corrected chi connectivity index (χ4v) is 3.70. The summed E-state index contributed by atoms with van der Waals surface area (Å²) in [7, 11) is -3.85. The van der Waals surface area contributed by atoms with Crippen LogP contribution in [-0.4, -0.2) is 25.8 Å². The first-order valence-electron chi connectivity index (χ1n) is 6.32. The number of hydrogen-bond acceptors (Lipinski definition) is 2. The van der Waals surface area contributed by atoms with Crippen LogP contribution in [0, 0.1) is 11.6 Å². The molecule has 1 aliphatic rings. The Labute approximate surface area is 125 Å². The summed E-state index contributed by atoms with van der Waals surface area (Å²) in [6.45, 7) is 0.798. The number of rotatable bonds is 3. The molecule has 0 radical (unpaired) electrons. The van der Waals surface area contributed by atoms with Crippen molar-refractivity contribution in [3.05, 3.63) is 28.2 Å². The normalized spacial score (nSPS) is 17.8. The zero-order valence-electron chi connectivity index (χ0n) is 10.7. The number of hydrogen-bond donors (Lipinski definition) is 1. The number of halogens is 3. The van der Waals surface area contributed by atoms with E-state index in [-0.39, 0.29) is 10.2 Å². The maximum atomic E-state index is 13.7. The summed E-state index contributed by atoms with van der Waals surface area (Å²) in [6, 6.07) is 1.73. The van der Waals surface area contributed by atoms with E-state index < -0.39 is 21.8 Å². The number of anilines is 1. The molecule has 1 aromatic rings. The molecule has 0 aromatic heterocycles. The second kappa shape index (κ2) is 6.36. The largest absolute Gasteiger partial charge is 0.301 e. The Morgan fingerprint density at radius 3 is 2.25 bits per heavy atom. The van der Waals surface area contributed by atoms with Gasteiger partial charge >= 0.3 is 10.2 Å². The molecule has 0 atom stereocenters. The van der Waals surface area contributed by atoms with Crippen LogP contribution in [0.3, 0.4) is 0 Å². The summed E-state index contributed by atoms with van der Waals surface area (Å²) < 4.78 is 54.7. The van der Waals surface area contributed by atoms with Gasteiger partial charge in [-0.05, 0) is 34.8 Å². The van der Waals surface area contributed by atoms with Gasteiger partial charge in [0.2, 0.25) is 0 Å². The molecule has 0 spiro atoms. The lowest BCUT2D eigenvalue weighted by Crippen LogP contribution is -2.36. The van der Waals surface area contributed by atoms with Gasteiger partial charge in [0.25, 0.3) is 0 Å². The number of nitrogens with zero attached hydrogens (tertiary/aromatic N) is 1. The molecule has 1 N–H and O–H groups in total. The van der Waals surface area contributed by atoms with E-state index in [0.29, 0.717) is 13.1 Å². The molecular formula is C12H15BrF2N2O2S. The summed E-state index contributed by atoms with van der Waals surface area (Å²) >= 11 is 2.84. The first-order chi connectivity index (χ1) is 9.40. The SMILES string of the molecule is O=S(=O)(Nc1cc(F)c(Br)cc1F)N1CCCCCC1. The van der Waals surface area contributed by atoms with Gasteiger partial charge < -0.3 is 0 Å². The second-order valence-corrected chi connectivity index (χ2v) is 7.19. The number of nitrogens with one attached hydrogen (secondary N) is 1. The minimum absolute atomic E-state index is 0.0484. The van der Waals surface area contributed by atoms with Gasteiger partial charge in [-0.1, -0.05) is 12.8 Å². The zero-order valence-corrected chi connectivity index (χ0v) is 13.1. The summed E-state index contributed by atoms with van der Waals surface area (Å²) in [5.74, 6) is -1.54. The van der Waals surface area contributed by atoms with Crippen molar-refractivity contribution < 1.29 is 17.2 Å². The van der Waals surface area contributed by atoms with Crippen LogP contribution in [0.4, 0.5) is 14.5 Å². The second-order valence-electron chi connectivity index (χ2n) is 4.67. The van der Waals surface area contributed by atoms with E-state index in [1.165, 1.54) is 4.31 Å². The lowest BCUT2D eigenvalue weighted by atomic mass is 10.2. The Balaban J connectivity index is 2.21. The van der Waals surface area contributed by atoms with Crippen LogP contribution in [0.25, 0.3) is 0 Å². The van der Waals surface area contributed by atoms with E-state index in [9.17, 15) is 17.2 Å². The molecule has 1 aliphatic heterocycles. The summed E-state index contributed by atoms with van der Waals surface area (Å²) in [5, 5.41) is 0. The quantitative estimate of drug-likeness (QED) is 0.832. The van der Waals surface area contributed by atoms with Crippen LogP contribution in [0.15, 0.2) is 16.6 Å². The first kappa shape index (κ1) is 15.7. The van der Waals surface area contributed by atoms with Crippen LogP contribution in [0.5, 0.6) is 0 Å². The van der Waals surface area contributed by atoms with Crippen LogP contribution in [-0.2, 0) is 10.2 Å². The molecule has 4 nitrogen and oxygen atoms in total. The predicted octanol–water partition coefficient (Wildman–Crippen LogP) is 3.26. The fourth-order valence-electron chi connectivity index (χ4n) is 2.09. The molecule has 0 unspecified atom stereocenters. The highest BCUT2D eigenvalue weighted by molar-refractivity contribution is 9.10. The van der Waals surface area contributed by atoms with E-state index >= 15 is 0 Å². The standard InChI is InChI=1S/C12H15BrF2N2O2S/c13-9-7-11(15)12(8-10(9)14)16-20(18,19)17-5-3-1-2-4-6-17/h7-8,16H,1-6H2. The zero-order chi connectivity index (χ0) is 14.8. The van der Waals surface area contributed by atoms with E-state index in [2.05, 4.69) is 20.7 Å². The Kier molecular flexibility index (Phi) is 4.98. The van der Waals surface area contributed by atoms with Crippen LogP contribution >= 0.6 is 15.9 Å². The minimum Gasteiger partial charge on any atom is -0.268 e. The molecule has 0 aliphatic carbocycles. The fraction of sp³-hybridized carbons (Fsp3) is 0.500. The Hall–Kier alpha value is -0.730. The summed E-state index contributed by atoms with van der Waals surface area (Å²) in [5.41, 5.74) is -0.380. The molecule has 0 saturated carbocycles. The third kappa shape index (κ3) is 3.67. The van der Waals surface area contributed by atoms with Crippen molar-refractivity contribution in [2.24, 2.45) is 0 Å². The predicted molar refractivity (Wildman–Crippen MR) is 76.6 cm³/mol. The Morgan fingerprint density at radius 2 is 1.65 bits per heavy atom. The average molecular weight is 369 g/mol. The summed E-state index contributed by atoms with van der Waals surface area (Å²) in [4.78, 5) is 0. The number of benzene rings is 1. The Morgan fingerprint density at radius 1 is 1.05 bits per heavy atom. The average Bonchev–Trinajstić information content (AvgIpc) is 2.65. The van der Waals surface area contributed by atoms with Gasteiger partial charge in [-0.2, -0.15) is 12.7 Å². The molecule has 2 rings (SSSR count). The van der Waals surface area contributed by atoms with E-state index in [4.69, 9.17) is 0 Å². The van der Waals surface area contributed by atoms with Gasteiger partial charge in [-0.3, -0.25) is 4.72 Å². The molecule has 0 amide bonds. The van der Waals surface area contributed by atoms with Crippen molar-refractivity contribution in [1.82, 2.24) is 4.31 Å². The molecular weight excluding hydrogens is 354 g/mol. The molecule has 112 valence electrons. The minimum atomic E-state index is -3.85. The van der Waals surface area contributed by atoms with Gasteiger partial charge in [0.1, 0.15) is 11.6 Å². The highest BCUT2D eigenvalue weighted by Crippen LogP contribution is 2.25. The highest BCUT2D eigenvalue weighted by Gasteiger charge is 2.24. The van der Waals surface area contributed by atoms with Gasteiger partial charge in [0.15, 0.2) is 0 Å². The van der Waals surface area contributed by atoms with Crippen LogP contribution in [0.2, 0.25) is 0 Å². The maximum Gasteiger partial charge on any atom is 0.301 e. The van der Waals surface area contributed by atoms with Gasteiger partial charge in [-0.25, -0.2) is 8.78 Å². The molecule has 1 aromatic carbocycles. The van der Waals surface area contributed by atoms with Crippen molar-refractivity contribution >= 4 is 31.8 Å². The van der Waals surface area contributed by atoms with Crippen molar-refractivity contribution in [2.45, 2.75) is 25.7 Å². The Bertz CT molecular complexity index is 587. The van der Waals surface area contributed by atoms with E-state index in [0.717, 1.165) is 37.8 Å². The van der Waals surface area contributed by atoms with Crippen LogP contribution in [0.1, 0.15) is 25.7 Å². The maximum absolute atomic E-state index is 13.7. The molecule has 8 heteroatoms. The van der Waals surface area contributed by atoms with Gasteiger partial charge in [0.05, 0.1) is 10.2 Å². The lowest BCUT2D eigenvalue weighted by molar-refractivity contribution is 0.427.